The van der Waals surface area contributed by atoms with Crippen LogP contribution in [0.1, 0.15) is 32.1 Å². The van der Waals surface area contributed by atoms with Crippen LogP contribution < -0.4 is 15.4 Å². The van der Waals surface area contributed by atoms with E-state index in [1.165, 1.54) is 25.7 Å². The fourth-order valence-corrected chi connectivity index (χ4v) is 3.35. The largest absolute Gasteiger partial charge is 0.493 e. The highest BCUT2D eigenvalue weighted by atomic mass is 16.5. The Morgan fingerprint density at radius 2 is 1.96 bits per heavy atom. The summed E-state index contributed by atoms with van der Waals surface area (Å²) in [6, 6.07) is 8.02. The van der Waals surface area contributed by atoms with Crippen LogP contribution in [-0.2, 0) is 4.74 Å². The van der Waals surface area contributed by atoms with Crippen molar-refractivity contribution in [1.29, 1.82) is 0 Å². The third-order valence-corrected chi connectivity index (χ3v) is 5.04. The Morgan fingerprint density at radius 1 is 1.20 bits per heavy atom. The highest BCUT2D eigenvalue weighted by Gasteiger charge is 2.41. The standard InChI is InChI=1S/C20H31N3O2/c1-21-20(22-14-19(15-7-8-15)16-9-10-16)23-17-5-3-6-18(13-17)25-12-4-11-24-2/h3,5-6,13,15-16,19H,4,7-12,14H2,1-2H3,(H2,21,22,23). The van der Waals surface area contributed by atoms with E-state index in [1.807, 2.05) is 31.3 Å². The summed E-state index contributed by atoms with van der Waals surface area (Å²) < 4.78 is 10.8. The van der Waals surface area contributed by atoms with Crippen molar-refractivity contribution < 1.29 is 9.47 Å². The van der Waals surface area contributed by atoms with Crippen LogP contribution in [0.15, 0.2) is 29.3 Å². The van der Waals surface area contributed by atoms with Crippen LogP contribution in [0.2, 0.25) is 0 Å². The van der Waals surface area contributed by atoms with Gasteiger partial charge in [-0.2, -0.15) is 0 Å². The summed E-state index contributed by atoms with van der Waals surface area (Å²) in [7, 11) is 3.53. The van der Waals surface area contributed by atoms with E-state index in [9.17, 15) is 0 Å². The minimum Gasteiger partial charge on any atom is -0.493 e. The minimum atomic E-state index is 0.661. The van der Waals surface area contributed by atoms with Gasteiger partial charge in [-0.15, -0.1) is 0 Å². The average molecular weight is 345 g/mol. The maximum absolute atomic E-state index is 5.76. The molecule has 1 aromatic carbocycles. The summed E-state index contributed by atoms with van der Waals surface area (Å²) in [4.78, 5) is 4.37. The number of hydrogen-bond acceptors (Lipinski definition) is 3. The Kier molecular flexibility index (Phi) is 6.56. The number of nitrogens with one attached hydrogen (secondary N) is 2. The van der Waals surface area contributed by atoms with Gasteiger partial charge in [0.05, 0.1) is 6.61 Å². The van der Waals surface area contributed by atoms with E-state index in [1.54, 1.807) is 7.11 Å². The van der Waals surface area contributed by atoms with E-state index in [2.05, 4.69) is 15.6 Å². The van der Waals surface area contributed by atoms with Gasteiger partial charge in [-0.3, -0.25) is 4.99 Å². The van der Waals surface area contributed by atoms with E-state index in [0.717, 1.165) is 54.7 Å². The number of anilines is 1. The minimum absolute atomic E-state index is 0.661. The molecule has 1 aromatic rings. The highest BCUT2D eigenvalue weighted by Crippen LogP contribution is 2.48. The molecule has 138 valence electrons. The van der Waals surface area contributed by atoms with Crippen molar-refractivity contribution in [2.45, 2.75) is 32.1 Å². The number of nitrogens with zero attached hydrogens (tertiary/aromatic N) is 1. The molecule has 0 aromatic heterocycles. The lowest BCUT2D eigenvalue weighted by Crippen LogP contribution is -2.35. The predicted octanol–water partition coefficient (Wildman–Crippen LogP) is 3.53. The fourth-order valence-electron chi connectivity index (χ4n) is 3.35. The number of benzene rings is 1. The van der Waals surface area contributed by atoms with Crippen LogP contribution in [0.5, 0.6) is 5.75 Å². The molecule has 25 heavy (non-hydrogen) atoms. The van der Waals surface area contributed by atoms with Gasteiger partial charge in [0, 0.05) is 45.5 Å². The maximum atomic E-state index is 5.76. The summed E-state index contributed by atoms with van der Waals surface area (Å²) in [6.45, 7) is 2.41. The van der Waals surface area contributed by atoms with E-state index in [-0.39, 0.29) is 0 Å². The Bertz CT molecular complexity index is 556. The molecular formula is C20H31N3O2. The van der Waals surface area contributed by atoms with Gasteiger partial charge in [0.1, 0.15) is 5.75 Å². The molecule has 0 saturated heterocycles. The predicted molar refractivity (Wildman–Crippen MR) is 102 cm³/mol. The molecule has 0 amide bonds. The molecular weight excluding hydrogens is 314 g/mol. The number of guanidine groups is 1. The molecule has 2 fully saturated rings. The van der Waals surface area contributed by atoms with E-state index >= 15 is 0 Å². The number of hydrogen-bond donors (Lipinski definition) is 2. The molecule has 5 nitrogen and oxygen atoms in total. The summed E-state index contributed by atoms with van der Waals surface area (Å²) >= 11 is 0. The van der Waals surface area contributed by atoms with Gasteiger partial charge < -0.3 is 20.1 Å². The number of methoxy groups -OCH3 is 1. The molecule has 3 rings (SSSR count). The normalized spacial score (nSPS) is 17.6. The van der Waals surface area contributed by atoms with Gasteiger partial charge >= 0.3 is 0 Å². The van der Waals surface area contributed by atoms with Crippen LogP contribution in [0.25, 0.3) is 0 Å². The quantitative estimate of drug-likeness (QED) is 0.387. The van der Waals surface area contributed by atoms with Crippen LogP contribution in [0, 0.1) is 17.8 Å². The van der Waals surface area contributed by atoms with Crippen molar-refractivity contribution >= 4 is 11.6 Å². The number of rotatable bonds is 10. The van der Waals surface area contributed by atoms with Gasteiger partial charge in [-0.05, 0) is 55.6 Å². The lowest BCUT2D eigenvalue weighted by molar-refractivity contribution is 0.172. The molecule has 2 aliphatic carbocycles. The zero-order valence-electron chi connectivity index (χ0n) is 15.5. The second-order valence-corrected chi connectivity index (χ2v) is 7.14. The van der Waals surface area contributed by atoms with Crippen molar-refractivity contribution in [3.8, 4) is 5.75 Å². The van der Waals surface area contributed by atoms with Crippen LogP contribution in [0.3, 0.4) is 0 Å². The van der Waals surface area contributed by atoms with Gasteiger partial charge in [-0.1, -0.05) is 6.07 Å². The Balaban J connectivity index is 1.47. The summed E-state index contributed by atoms with van der Waals surface area (Å²) in [6.07, 6.45) is 6.55. The van der Waals surface area contributed by atoms with E-state index in [0.29, 0.717) is 6.61 Å². The van der Waals surface area contributed by atoms with Gasteiger partial charge in [0.2, 0.25) is 0 Å². The molecule has 5 heteroatoms. The third-order valence-electron chi connectivity index (χ3n) is 5.04. The second kappa shape index (κ2) is 9.09. The third kappa shape index (κ3) is 5.92. The summed E-state index contributed by atoms with van der Waals surface area (Å²) in [5.74, 6) is 4.42. The molecule has 2 aliphatic rings. The maximum Gasteiger partial charge on any atom is 0.195 e. The number of ether oxygens (including phenoxy) is 2. The van der Waals surface area contributed by atoms with Crippen molar-refractivity contribution in [3.63, 3.8) is 0 Å². The van der Waals surface area contributed by atoms with Crippen molar-refractivity contribution in [2.75, 3.05) is 39.2 Å². The average Bonchev–Trinajstić information content (AvgIpc) is 3.52. The molecule has 0 spiro atoms. The molecule has 0 heterocycles. The van der Waals surface area contributed by atoms with Gasteiger partial charge in [0.15, 0.2) is 5.96 Å². The Labute approximate surface area is 151 Å². The van der Waals surface area contributed by atoms with Crippen LogP contribution in [-0.4, -0.2) is 39.9 Å². The highest BCUT2D eigenvalue weighted by molar-refractivity contribution is 5.93. The molecule has 0 unspecified atom stereocenters. The molecule has 0 atom stereocenters. The zero-order chi connectivity index (χ0) is 17.5. The lowest BCUT2D eigenvalue weighted by atomic mass is 9.98. The van der Waals surface area contributed by atoms with Crippen LogP contribution >= 0.6 is 0 Å². The second-order valence-electron chi connectivity index (χ2n) is 7.14. The summed E-state index contributed by atoms with van der Waals surface area (Å²) in [5.41, 5.74) is 0.992. The molecule has 0 aliphatic heterocycles. The first kappa shape index (κ1) is 18.1. The smallest absolute Gasteiger partial charge is 0.195 e. The van der Waals surface area contributed by atoms with E-state index in [4.69, 9.17) is 9.47 Å². The SMILES string of the molecule is CN=C(NCC(C1CC1)C1CC1)Nc1cccc(OCCCOC)c1. The fraction of sp³-hybridized carbons (Fsp3) is 0.650. The van der Waals surface area contributed by atoms with E-state index < -0.39 is 0 Å². The molecule has 2 N–H and O–H groups in total. The summed E-state index contributed by atoms with van der Waals surface area (Å²) in [5, 5.41) is 6.90. The topological polar surface area (TPSA) is 54.9 Å². The first-order valence-corrected chi connectivity index (χ1v) is 9.49. The molecule has 2 saturated carbocycles. The van der Waals surface area contributed by atoms with Crippen molar-refractivity contribution in [1.82, 2.24) is 5.32 Å². The number of aliphatic imine (C=N–C) groups is 1. The Morgan fingerprint density at radius 3 is 2.60 bits per heavy atom. The lowest BCUT2D eigenvalue weighted by Gasteiger charge is -2.19. The first-order chi connectivity index (χ1) is 12.3. The van der Waals surface area contributed by atoms with Crippen molar-refractivity contribution in [2.24, 2.45) is 22.7 Å². The monoisotopic (exact) mass is 345 g/mol. The first-order valence-electron chi connectivity index (χ1n) is 9.49. The molecule has 0 radical (unpaired) electrons. The Hall–Kier alpha value is -1.75. The van der Waals surface area contributed by atoms with Gasteiger partial charge in [0.25, 0.3) is 0 Å². The van der Waals surface area contributed by atoms with Crippen molar-refractivity contribution in [3.05, 3.63) is 24.3 Å². The zero-order valence-corrected chi connectivity index (χ0v) is 15.5. The molecule has 0 bridgehead atoms. The van der Waals surface area contributed by atoms with Gasteiger partial charge in [-0.25, -0.2) is 0 Å². The van der Waals surface area contributed by atoms with Crippen LogP contribution in [0.4, 0.5) is 5.69 Å².